The molecule has 0 saturated heterocycles. The van der Waals surface area contributed by atoms with E-state index in [0.717, 1.165) is 25.4 Å². The Morgan fingerprint density at radius 3 is 2.95 bits per heavy atom. The summed E-state index contributed by atoms with van der Waals surface area (Å²) in [5.41, 5.74) is 9.87. The van der Waals surface area contributed by atoms with Crippen molar-refractivity contribution in [3.8, 4) is 0 Å². The third-order valence-corrected chi connectivity index (χ3v) is 3.81. The number of hydrogen-bond acceptors (Lipinski definition) is 3. The van der Waals surface area contributed by atoms with E-state index in [0.29, 0.717) is 12.5 Å². The van der Waals surface area contributed by atoms with Gasteiger partial charge in [0.2, 0.25) is 0 Å². The monoisotopic (exact) mass is 290 g/mol. The molecule has 0 radical (unpaired) electrons. The number of benzene rings is 1. The van der Waals surface area contributed by atoms with E-state index in [9.17, 15) is 0 Å². The van der Waals surface area contributed by atoms with E-state index in [1.807, 2.05) is 0 Å². The number of nitrogens with zero attached hydrogens (tertiary/aromatic N) is 2. The molecule has 0 spiro atoms. The van der Waals surface area contributed by atoms with Crippen LogP contribution in [0.4, 0.5) is 5.69 Å². The summed E-state index contributed by atoms with van der Waals surface area (Å²) in [7, 11) is 3.77. The number of likely N-dealkylation sites (N-methyl/N-ethyl adjacent to an activating group) is 1. The molecule has 0 heterocycles. The number of aliphatic imine (C=N–C) groups is 1. The minimum Gasteiger partial charge on any atom is -0.383 e. The van der Waals surface area contributed by atoms with Gasteiger partial charge in [-0.3, -0.25) is 4.99 Å². The average Bonchev–Trinajstić information content (AvgIpc) is 2.92. The molecule has 1 aromatic carbocycles. The predicted molar refractivity (Wildman–Crippen MR) is 88.0 cm³/mol. The highest BCUT2D eigenvalue weighted by Crippen LogP contribution is 2.24. The Morgan fingerprint density at radius 2 is 2.14 bits per heavy atom. The number of rotatable bonds is 7. The van der Waals surface area contributed by atoms with Crippen molar-refractivity contribution in [2.24, 2.45) is 10.7 Å². The number of ether oxygens (including phenoxy) is 1. The summed E-state index contributed by atoms with van der Waals surface area (Å²) in [6.45, 7) is 3.20. The number of methoxy groups -OCH3 is 1. The Kier molecular flexibility index (Phi) is 6.02. The van der Waals surface area contributed by atoms with E-state index in [4.69, 9.17) is 10.5 Å². The van der Waals surface area contributed by atoms with Gasteiger partial charge in [0.1, 0.15) is 0 Å². The number of nitrogens with one attached hydrogen (secondary N) is 1. The van der Waals surface area contributed by atoms with Gasteiger partial charge in [-0.25, -0.2) is 0 Å². The lowest BCUT2D eigenvalue weighted by molar-refractivity contribution is 0.163. The van der Waals surface area contributed by atoms with Crippen LogP contribution in [-0.4, -0.2) is 51.3 Å². The van der Waals surface area contributed by atoms with Crippen molar-refractivity contribution in [2.45, 2.75) is 19.3 Å². The molecular formula is C16H26N4O. The normalized spacial score (nSPS) is 14.5. The highest BCUT2D eigenvalue weighted by atomic mass is 16.5. The number of anilines is 1. The maximum Gasteiger partial charge on any atom is 0.193 e. The van der Waals surface area contributed by atoms with Crippen LogP contribution in [0.25, 0.3) is 0 Å². The number of hydrogen-bond donors (Lipinski definition) is 2. The molecular weight excluding hydrogens is 264 g/mol. The minimum absolute atomic E-state index is 0.480. The van der Waals surface area contributed by atoms with Crippen molar-refractivity contribution < 1.29 is 4.74 Å². The number of nitrogens with two attached hydrogens (primary N) is 1. The largest absolute Gasteiger partial charge is 0.383 e. The number of guanidine groups is 1. The standard InChI is InChI=1S/C16H26N4O/c1-20(10-11-21-2)9-8-18-16(17)19-15-7-6-13-4-3-5-14(13)12-15/h6-7,12H,3-5,8-11H2,1-2H3,(H3,17,18,19). The highest BCUT2D eigenvalue weighted by molar-refractivity contribution is 5.92. The molecule has 0 bridgehead atoms. The number of aryl methyl sites for hydroxylation is 2. The van der Waals surface area contributed by atoms with Crippen molar-refractivity contribution >= 4 is 11.6 Å². The molecule has 0 atom stereocenters. The van der Waals surface area contributed by atoms with Gasteiger partial charge in [0.25, 0.3) is 0 Å². The summed E-state index contributed by atoms with van der Waals surface area (Å²) in [5.74, 6) is 0.480. The molecule has 5 nitrogen and oxygen atoms in total. The molecule has 2 rings (SSSR count). The maximum atomic E-state index is 5.93. The first kappa shape index (κ1) is 15.8. The fourth-order valence-electron chi connectivity index (χ4n) is 2.54. The van der Waals surface area contributed by atoms with E-state index < -0.39 is 0 Å². The van der Waals surface area contributed by atoms with Crippen molar-refractivity contribution in [2.75, 3.05) is 45.7 Å². The molecule has 116 valence electrons. The van der Waals surface area contributed by atoms with E-state index in [1.54, 1.807) is 7.11 Å². The second-order valence-electron chi connectivity index (χ2n) is 5.53. The van der Waals surface area contributed by atoms with E-state index in [1.165, 1.54) is 30.4 Å². The van der Waals surface area contributed by atoms with E-state index in [2.05, 4.69) is 40.5 Å². The molecule has 1 aliphatic carbocycles. The molecule has 0 saturated carbocycles. The van der Waals surface area contributed by atoms with E-state index in [-0.39, 0.29) is 0 Å². The summed E-state index contributed by atoms with van der Waals surface area (Å²) in [5, 5.41) is 3.17. The molecule has 5 heteroatoms. The molecule has 3 N–H and O–H groups in total. The Bertz CT molecular complexity index is 487. The first-order chi connectivity index (χ1) is 10.2. The van der Waals surface area contributed by atoms with Crippen LogP contribution >= 0.6 is 0 Å². The van der Waals surface area contributed by atoms with E-state index >= 15 is 0 Å². The van der Waals surface area contributed by atoms with Gasteiger partial charge in [0.15, 0.2) is 5.96 Å². The summed E-state index contributed by atoms with van der Waals surface area (Å²) < 4.78 is 5.04. The van der Waals surface area contributed by atoms with Gasteiger partial charge in [-0.2, -0.15) is 0 Å². The van der Waals surface area contributed by atoms with Gasteiger partial charge in [-0.05, 0) is 49.6 Å². The average molecular weight is 290 g/mol. The lowest BCUT2D eigenvalue weighted by Crippen LogP contribution is -2.28. The molecule has 21 heavy (non-hydrogen) atoms. The molecule has 1 aromatic rings. The van der Waals surface area contributed by atoms with Crippen molar-refractivity contribution in [1.82, 2.24) is 4.90 Å². The summed E-state index contributed by atoms with van der Waals surface area (Å²) in [4.78, 5) is 6.54. The van der Waals surface area contributed by atoms with Gasteiger partial charge >= 0.3 is 0 Å². The van der Waals surface area contributed by atoms with Gasteiger partial charge < -0.3 is 20.7 Å². The molecule has 0 aromatic heterocycles. The molecule has 0 fully saturated rings. The first-order valence-corrected chi connectivity index (χ1v) is 7.55. The second kappa shape index (κ2) is 8.00. The van der Waals surface area contributed by atoms with Crippen molar-refractivity contribution in [3.05, 3.63) is 29.3 Å². The molecule has 0 aliphatic heterocycles. The van der Waals surface area contributed by atoms with Crippen LogP contribution in [0.5, 0.6) is 0 Å². The minimum atomic E-state index is 0.480. The first-order valence-electron chi connectivity index (χ1n) is 7.55. The van der Waals surface area contributed by atoms with Crippen LogP contribution in [0.2, 0.25) is 0 Å². The predicted octanol–water partition coefficient (Wildman–Crippen LogP) is 1.48. The van der Waals surface area contributed by atoms with Crippen LogP contribution in [0.15, 0.2) is 23.2 Å². The number of fused-ring (bicyclic) bond motifs is 1. The Hall–Kier alpha value is -1.59. The zero-order valence-electron chi connectivity index (χ0n) is 13.1. The molecule has 0 amide bonds. The third-order valence-electron chi connectivity index (χ3n) is 3.81. The van der Waals surface area contributed by atoms with Gasteiger partial charge in [-0.1, -0.05) is 6.07 Å². The third kappa shape index (κ3) is 5.02. The summed E-state index contributed by atoms with van der Waals surface area (Å²) in [6, 6.07) is 6.46. The van der Waals surface area contributed by atoms with Crippen molar-refractivity contribution in [1.29, 1.82) is 0 Å². The van der Waals surface area contributed by atoms with Crippen LogP contribution in [0.3, 0.4) is 0 Å². The lowest BCUT2D eigenvalue weighted by atomic mass is 10.1. The fourth-order valence-corrected chi connectivity index (χ4v) is 2.54. The van der Waals surface area contributed by atoms with Crippen LogP contribution < -0.4 is 11.1 Å². The lowest BCUT2D eigenvalue weighted by Gasteiger charge is -2.14. The van der Waals surface area contributed by atoms with Crippen LogP contribution in [0.1, 0.15) is 17.5 Å². The quantitative estimate of drug-likeness (QED) is 0.590. The van der Waals surface area contributed by atoms with Crippen LogP contribution in [-0.2, 0) is 17.6 Å². The summed E-state index contributed by atoms with van der Waals surface area (Å²) in [6.07, 6.45) is 3.63. The SMILES string of the molecule is COCCN(C)CCN=C(N)Nc1ccc2c(c1)CCC2. The van der Waals surface area contributed by atoms with Gasteiger partial charge in [0.05, 0.1) is 13.2 Å². The maximum absolute atomic E-state index is 5.93. The van der Waals surface area contributed by atoms with Crippen LogP contribution in [0, 0.1) is 0 Å². The zero-order chi connectivity index (χ0) is 15.1. The van der Waals surface area contributed by atoms with Gasteiger partial charge in [-0.15, -0.1) is 0 Å². The molecule has 0 unspecified atom stereocenters. The topological polar surface area (TPSA) is 62.9 Å². The Labute approximate surface area is 127 Å². The smallest absolute Gasteiger partial charge is 0.193 e. The van der Waals surface area contributed by atoms with Gasteiger partial charge in [0, 0.05) is 25.9 Å². The second-order valence-corrected chi connectivity index (χ2v) is 5.53. The Balaban J connectivity index is 1.78. The zero-order valence-corrected chi connectivity index (χ0v) is 13.1. The highest BCUT2D eigenvalue weighted by Gasteiger charge is 2.10. The molecule has 1 aliphatic rings. The fraction of sp³-hybridized carbons (Fsp3) is 0.562. The summed E-state index contributed by atoms with van der Waals surface area (Å²) >= 11 is 0. The Morgan fingerprint density at radius 1 is 1.33 bits per heavy atom. The van der Waals surface area contributed by atoms with Crippen molar-refractivity contribution in [3.63, 3.8) is 0 Å².